The van der Waals surface area contributed by atoms with E-state index < -0.39 is 36.6 Å². The van der Waals surface area contributed by atoms with Gasteiger partial charge >= 0.3 is 0 Å². The van der Waals surface area contributed by atoms with Gasteiger partial charge in [0.1, 0.15) is 6.10 Å². The summed E-state index contributed by atoms with van der Waals surface area (Å²) >= 11 is 0. The van der Waals surface area contributed by atoms with Gasteiger partial charge in [-0.2, -0.15) is 0 Å². The fourth-order valence-electron chi connectivity index (χ4n) is 1.39. The third-order valence-corrected chi connectivity index (χ3v) is 2.17. The molecule has 0 spiro atoms. The van der Waals surface area contributed by atoms with Crippen LogP contribution in [0.2, 0.25) is 0 Å². The smallest absolute Gasteiger partial charge is 0.169 e. The highest BCUT2D eigenvalue weighted by molar-refractivity contribution is 5.88. The Hall–Kier alpha value is -0.490. The predicted octanol–water partition coefficient (Wildman–Crippen LogP) is -2.35. The largest absolute Gasteiger partial charge is 0.394 e. The molecule has 1 fully saturated rings. The zero-order valence-electron chi connectivity index (χ0n) is 6.42. The average molecular weight is 176 g/mol. The van der Waals surface area contributed by atoms with Crippen molar-refractivity contribution in [2.24, 2.45) is 5.92 Å². The Balaban J connectivity index is 2.64. The number of carbonyl (C=O) groups excluding carboxylic acids is 1. The summed E-state index contributed by atoms with van der Waals surface area (Å²) < 4.78 is 0. The van der Waals surface area contributed by atoms with E-state index >= 15 is 0 Å². The van der Waals surface area contributed by atoms with Gasteiger partial charge in [-0.25, -0.2) is 0 Å². The molecule has 0 aromatic heterocycles. The van der Waals surface area contributed by atoms with Gasteiger partial charge in [-0.1, -0.05) is 0 Å². The van der Waals surface area contributed by atoms with Crippen molar-refractivity contribution < 1.29 is 25.2 Å². The lowest BCUT2D eigenvalue weighted by Gasteiger charge is -2.12. The number of aliphatic hydroxyl groups is 4. The highest BCUT2D eigenvalue weighted by Gasteiger charge is 2.43. The number of rotatable bonds is 2. The van der Waals surface area contributed by atoms with Gasteiger partial charge in [0.25, 0.3) is 0 Å². The molecule has 1 rings (SSSR count). The zero-order chi connectivity index (χ0) is 9.30. The van der Waals surface area contributed by atoms with Gasteiger partial charge in [-0.3, -0.25) is 4.79 Å². The molecule has 0 radical (unpaired) electrons. The molecule has 0 aromatic rings. The molecular weight excluding hydrogens is 164 g/mol. The maximum Gasteiger partial charge on any atom is 0.169 e. The zero-order valence-corrected chi connectivity index (χ0v) is 6.42. The Morgan fingerprint density at radius 1 is 1.50 bits per heavy atom. The van der Waals surface area contributed by atoms with E-state index in [1.807, 2.05) is 0 Å². The minimum Gasteiger partial charge on any atom is -0.394 e. The summed E-state index contributed by atoms with van der Waals surface area (Å²) in [6, 6.07) is 0. The average Bonchev–Trinajstić information content (AvgIpc) is 2.32. The van der Waals surface area contributed by atoms with Crippen molar-refractivity contribution in [2.45, 2.75) is 24.7 Å². The van der Waals surface area contributed by atoms with Gasteiger partial charge in [0.05, 0.1) is 24.7 Å². The van der Waals surface area contributed by atoms with Crippen molar-refractivity contribution in [3.8, 4) is 0 Å². The van der Waals surface area contributed by atoms with Gasteiger partial charge < -0.3 is 20.4 Å². The molecule has 0 bridgehead atoms. The van der Waals surface area contributed by atoms with Crippen LogP contribution < -0.4 is 0 Å². The highest BCUT2D eigenvalue weighted by atomic mass is 16.3. The van der Waals surface area contributed by atoms with Gasteiger partial charge in [0, 0.05) is 0 Å². The second kappa shape index (κ2) is 3.49. The monoisotopic (exact) mass is 176 g/mol. The maximum atomic E-state index is 11.0. The summed E-state index contributed by atoms with van der Waals surface area (Å²) in [6.45, 7) is -0.532. The van der Waals surface area contributed by atoms with Crippen LogP contribution in [0.25, 0.3) is 0 Å². The molecule has 1 saturated carbocycles. The van der Waals surface area contributed by atoms with Crippen LogP contribution in [0.3, 0.4) is 0 Å². The molecule has 0 amide bonds. The molecule has 5 heteroatoms. The standard InChI is InChI=1S/C7H12O5/c8-2-5(10)3-1-4(9)7(12)6(3)11/h3-5,7-10,12H,1-2H2/t3-,4?,5?,7-/m1/s1. The van der Waals surface area contributed by atoms with Gasteiger partial charge in [0.2, 0.25) is 0 Å². The first kappa shape index (κ1) is 9.60. The molecule has 70 valence electrons. The second-order valence-corrected chi connectivity index (χ2v) is 3.01. The van der Waals surface area contributed by atoms with Gasteiger partial charge in [-0.05, 0) is 6.42 Å². The molecule has 12 heavy (non-hydrogen) atoms. The molecule has 4 N–H and O–H groups in total. The summed E-state index contributed by atoms with van der Waals surface area (Å²) in [5.41, 5.74) is 0. The molecule has 1 aliphatic carbocycles. The van der Waals surface area contributed by atoms with Crippen molar-refractivity contribution in [1.82, 2.24) is 0 Å². The predicted molar refractivity (Wildman–Crippen MR) is 38.2 cm³/mol. The van der Waals surface area contributed by atoms with Crippen LogP contribution in [0.1, 0.15) is 6.42 Å². The summed E-state index contributed by atoms with van der Waals surface area (Å²) in [7, 11) is 0. The minimum absolute atomic E-state index is 0.0156. The lowest BCUT2D eigenvalue weighted by atomic mass is 10.0. The Labute approximate surface area is 69.3 Å². The fourth-order valence-corrected chi connectivity index (χ4v) is 1.39. The molecule has 4 atom stereocenters. The summed E-state index contributed by atoms with van der Waals surface area (Å²) in [4.78, 5) is 11.0. The van der Waals surface area contributed by atoms with Crippen LogP contribution in [-0.4, -0.2) is 51.1 Å². The van der Waals surface area contributed by atoms with Crippen molar-refractivity contribution in [2.75, 3.05) is 6.61 Å². The third-order valence-electron chi connectivity index (χ3n) is 2.17. The van der Waals surface area contributed by atoms with Gasteiger partial charge in [-0.15, -0.1) is 0 Å². The normalized spacial score (nSPS) is 38.7. The fraction of sp³-hybridized carbons (Fsp3) is 0.857. The van der Waals surface area contributed by atoms with Crippen molar-refractivity contribution in [3.63, 3.8) is 0 Å². The van der Waals surface area contributed by atoms with E-state index in [0.717, 1.165) is 0 Å². The number of ketones is 1. The third kappa shape index (κ3) is 1.49. The first-order chi connectivity index (χ1) is 5.57. The molecule has 2 unspecified atom stereocenters. The minimum atomic E-state index is -1.41. The SMILES string of the molecule is O=C1[C@H](O)C(O)C[C@@H]1C(O)CO. The first-order valence-corrected chi connectivity index (χ1v) is 3.76. The van der Waals surface area contributed by atoms with Crippen LogP contribution in [-0.2, 0) is 4.79 Å². The summed E-state index contributed by atoms with van der Waals surface area (Å²) in [6.07, 6.45) is -3.67. The number of hydrogen-bond acceptors (Lipinski definition) is 5. The van der Waals surface area contributed by atoms with E-state index in [2.05, 4.69) is 0 Å². The summed E-state index contributed by atoms with van der Waals surface area (Å²) in [5, 5.41) is 35.6. The van der Waals surface area contributed by atoms with Crippen LogP contribution in [0, 0.1) is 5.92 Å². The first-order valence-electron chi connectivity index (χ1n) is 3.76. The molecule has 5 nitrogen and oxygen atoms in total. The number of carbonyl (C=O) groups is 1. The molecular formula is C7H12O5. The number of hydrogen-bond donors (Lipinski definition) is 4. The van der Waals surface area contributed by atoms with Crippen molar-refractivity contribution in [1.29, 1.82) is 0 Å². The maximum absolute atomic E-state index is 11.0. The van der Waals surface area contributed by atoms with Crippen LogP contribution in [0.15, 0.2) is 0 Å². The van der Waals surface area contributed by atoms with E-state index in [9.17, 15) is 4.79 Å². The number of Topliss-reactive ketones (excluding diaryl/α,β-unsaturated/α-hetero) is 1. The lowest BCUT2D eigenvalue weighted by molar-refractivity contribution is -0.132. The Bertz CT molecular complexity index is 181. The highest BCUT2D eigenvalue weighted by Crippen LogP contribution is 2.25. The van der Waals surface area contributed by atoms with Crippen molar-refractivity contribution in [3.05, 3.63) is 0 Å². The molecule has 0 aromatic carbocycles. The number of aliphatic hydroxyl groups excluding tert-OH is 4. The second-order valence-electron chi connectivity index (χ2n) is 3.01. The van der Waals surface area contributed by atoms with E-state index in [4.69, 9.17) is 20.4 Å². The topological polar surface area (TPSA) is 98.0 Å². The van der Waals surface area contributed by atoms with E-state index in [1.165, 1.54) is 0 Å². The quantitative estimate of drug-likeness (QED) is 0.377. The molecule has 0 heterocycles. The van der Waals surface area contributed by atoms with Crippen LogP contribution >= 0.6 is 0 Å². The Morgan fingerprint density at radius 2 is 2.08 bits per heavy atom. The Morgan fingerprint density at radius 3 is 2.42 bits per heavy atom. The van der Waals surface area contributed by atoms with E-state index in [1.54, 1.807) is 0 Å². The van der Waals surface area contributed by atoms with Gasteiger partial charge in [0.15, 0.2) is 5.78 Å². The molecule has 1 aliphatic rings. The van der Waals surface area contributed by atoms with E-state index in [0.29, 0.717) is 0 Å². The molecule has 0 saturated heterocycles. The van der Waals surface area contributed by atoms with Crippen LogP contribution in [0.5, 0.6) is 0 Å². The lowest BCUT2D eigenvalue weighted by Crippen LogP contribution is -2.31. The van der Waals surface area contributed by atoms with Crippen LogP contribution in [0.4, 0.5) is 0 Å². The molecule has 0 aliphatic heterocycles. The van der Waals surface area contributed by atoms with Crippen molar-refractivity contribution >= 4 is 5.78 Å². The Kier molecular flexibility index (Phi) is 2.79. The van der Waals surface area contributed by atoms with E-state index in [-0.39, 0.29) is 6.42 Å². The summed E-state index contributed by atoms with van der Waals surface area (Å²) in [5.74, 6) is -1.43.